The standard InChI is InChI=1S/C12H17N/c1-5-10-8-6-7-9-11(10)12(2,3)13-4/h5-9,13H,1H2,2-4H3. The molecular formula is C12H17N. The number of hydrogen-bond acceptors (Lipinski definition) is 1. The van der Waals surface area contributed by atoms with Crippen molar-refractivity contribution in [2.75, 3.05) is 7.05 Å². The van der Waals surface area contributed by atoms with Crippen LogP contribution < -0.4 is 5.32 Å². The fraction of sp³-hybridized carbons (Fsp3) is 0.333. The first kappa shape index (κ1) is 10.0. The Kier molecular flexibility index (Phi) is 2.89. The molecule has 1 aromatic carbocycles. The van der Waals surface area contributed by atoms with Crippen LogP contribution in [0.3, 0.4) is 0 Å². The zero-order chi connectivity index (χ0) is 9.90. The molecule has 0 aromatic heterocycles. The highest BCUT2D eigenvalue weighted by molar-refractivity contribution is 5.53. The Balaban J connectivity index is 3.20. The Morgan fingerprint density at radius 1 is 1.31 bits per heavy atom. The van der Waals surface area contributed by atoms with Gasteiger partial charge in [0.25, 0.3) is 0 Å². The van der Waals surface area contributed by atoms with Gasteiger partial charge in [-0.25, -0.2) is 0 Å². The van der Waals surface area contributed by atoms with E-state index in [0.717, 1.165) is 0 Å². The summed E-state index contributed by atoms with van der Waals surface area (Å²) in [6, 6.07) is 8.31. The van der Waals surface area contributed by atoms with Crippen molar-refractivity contribution >= 4 is 6.08 Å². The van der Waals surface area contributed by atoms with Crippen LogP contribution in [0.15, 0.2) is 30.8 Å². The molecule has 0 aliphatic rings. The van der Waals surface area contributed by atoms with E-state index in [0.29, 0.717) is 0 Å². The first-order chi connectivity index (χ1) is 6.11. The molecule has 0 saturated carbocycles. The highest BCUT2D eigenvalue weighted by Gasteiger charge is 2.19. The number of rotatable bonds is 3. The third-order valence-corrected chi connectivity index (χ3v) is 2.48. The van der Waals surface area contributed by atoms with E-state index >= 15 is 0 Å². The highest BCUT2D eigenvalue weighted by Crippen LogP contribution is 2.23. The largest absolute Gasteiger partial charge is 0.311 e. The van der Waals surface area contributed by atoms with Crippen molar-refractivity contribution in [1.29, 1.82) is 0 Å². The van der Waals surface area contributed by atoms with Crippen LogP contribution in [0.5, 0.6) is 0 Å². The first-order valence-corrected chi connectivity index (χ1v) is 4.52. The van der Waals surface area contributed by atoms with Gasteiger partial charge in [-0.05, 0) is 32.0 Å². The van der Waals surface area contributed by atoms with Crippen molar-refractivity contribution in [3.05, 3.63) is 42.0 Å². The van der Waals surface area contributed by atoms with Gasteiger partial charge in [-0.3, -0.25) is 0 Å². The summed E-state index contributed by atoms with van der Waals surface area (Å²) in [5.41, 5.74) is 2.49. The first-order valence-electron chi connectivity index (χ1n) is 4.52. The van der Waals surface area contributed by atoms with E-state index in [1.54, 1.807) is 0 Å². The summed E-state index contributed by atoms with van der Waals surface area (Å²) < 4.78 is 0. The maximum absolute atomic E-state index is 3.81. The fourth-order valence-corrected chi connectivity index (χ4v) is 1.38. The SMILES string of the molecule is C=Cc1ccccc1C(C)(C)NC. The van der Waals surface area contributed by atoms with Gasteiger partial charge in [-0.15, -0.1) is 0 Å². The summed E-state index contributed by atoms with van der Waals surface area (Å²) in [4.78, 5) is 0. The van der Waals surface area contributed by atoms with E-state index in [-0.39, 0.29) is 5.54 Å². The van der Waals surface area contributed by atoms with Gasteiger partial charge in [0, 0.05) is 5.54 Å². The maximum atomic E-state index is 3.81. The molecule has 1 N–H and O–H groups in total. The predicted octanol–water partition coefficient (Wildman–Crippen LogP) is 2.78. The topological polar surface area (TPSA) is 12.0 Å². The Morgan fingerprint density at radius 2 is 1.92 bits per heavy atom. The van der Waals surface area contributed by atoms with Crippen molar-refractivity contribution in [3.8, 4) is 0 Å². The van der Waals surface area contributed by atoms with E-state index < -0.39 is 0 Å². The molecule has 0 aliphatic carbocycles. The summed E-state index contributed by atoms with van der Waals surface area (Å²) in [7, 11) is 1.97. The molecule has 1 nitrogen and oxygen atoms in total. The molecule has 1 aromatic rings. The smallest absolute Gasteiger partial charge is 0.0380 e. The zero-order valence-electron chi connectivity index (χ0n) is 8.59. The molecule has 0 aliphatic heterocycles. The van der Waals surface area contributed by atoms with Gasteiger partial charge in [-0.2, -0.15) is 0 Å². The molecular weight excluding hydrogens is 158 g/mol. The lowest BCUT2D eigenvalue weighted by Crippen LogP contribution is -2.33. The monoisotopic (exact) mass is 175 g/mol. The molecule has 0 spiro atoms. The van der Waals surface area contributed by atoms with Gasteiger partial charge in [0.15, 0.2) is 0 Å². The molecule has 0 saturated heterocycles. The van der Waals surface area contributed by atoms with Crippen LogP contribution >= 0.6 is 0 Å². The lowest BCUT2D eigenvalue weighted by molar-refractivity contribution is 0.444. The zero-order valence-corrected chi connectivity index (χ0v) is 8.59. The number of nitrogens with one attached hydrogen (secondary N) is 1. The van der Waals surface area contributed by atoms with Crippen molar-refractivity contribution in [3.63, 3.8) is 0 Å². The van der Waals surface area contributed by atoms with E-state index in [9.17, 15) is 0 Å². The minimum atomic E-state index is 0.00475. The number of hydrogen-bond donors (Lipinski definition) is 1. The minimum absolute atomic E-state index is 0.00475. The van der Waals surface area contributed by atoms with Crippen molar-refractivity contribution < 1.29 is 0 Å². The fourth-order valence-electron chi connectivity index (χ4n) is 1.38. The van der Waals surface area contributed by atoms with Crippen LogP contribution in [-0.2, 0) is 5.54 Å². The average molecular weight is 175 g/mol. The van der Waals surface area contributed by atoms with Gasteiger partial charge in [-0.1, -0.05) is 36.9 Å². The molecule has 0 amide bonds. The second-order valence-corrected chi connectivity index (χ2v) is 3.67. The molecule has 0 radical (unpaired) electrons. The van der Waals surface area contributed by atoms with Gasteiger partial charge in [0.05, 0.1) is 0 Å². The molecule has 1 heteroatoms. The molecule has 70 valence electrons. The van der Waals surface area contributed by atoms with E-state index in [1.807, 2.05) is 19.2 Å². The van der Waals surface area contributed by atoms with Crippen LogP contribution in [0.2, 0.25) is 0 Å². The summed E-state index contributed by atoms with van der Waals surface area (Å²) in [5, 5.41) is 3.28. The van der Waals surface area contributed by atoms with Crippen molar-refractivity contribution in [1.82, 2.24) is 5.32 Å². The summed E-state index contributed by atoms with van der Waals surface area (Å²) in [5.74, 6) is 0. The average Bonchev–Trinajstić information content (AvgIpc) is 2.18. The molecule has 0 heterocycles. The van der Waals surface area contributed by atoms with E-state index in [2.05, 4.69) is 43.9 Å². The second-order valence-electron chi connectivity index (χ2n) is 3.67. The lowest BCUT2D eigenvalue weighted by Gasteiger charge is -2.26. The van der Waals surface area contributed by atoms with Crippen LogP contribution in [0.1, 0.15) is 25.0 Å². The van der Waals surface area contributed by atoms with Gasteiger partial charge < -0.3 is 5.32 Å². The molecule has 0 fully saturated rings. The second kappa shape index (κ2) is 3.75. The quantitative estimate of drug-likeness (QED) is 0.745. The Bertz CT molecular complexity index is 300. The van der Waals surface area contributed by atoms with Crippen LogP contribution in [0.25, 0.3) is 6.08 Å². The highest BCUT2D eigenvalue weighted by atomic mass is 14.9. The lowest BCUT2D eigenvalue weighted by atomic mass is 9.90. The molecule has 0 atom stereocenters. The molecule has 13 heavy (non-hydrogen) atoms. The third kappa shape index (κ3) is 1.99. The maximum Gasteiger partial charge on any atom is 0.0380 e. The van der Waals surface area contributed by atoms with Gasteiger partial charge in [0.1, 0.15) is 0 Å². The van der Waals surface area contributed by atoms with Crippen LogP contribution in [0.4, 0.5) is 0 Å². The van der Waals surface area contributed by atoms with E-state index in [1.165, 1.54) is 11.1 Å². The molecule has 0 bridgehead atoms. The predicted molar refractivity (Wildman–Crippen MR) is 58.6 cm³/mol. The van der Waals surface area contributed by atoms with Gasteiger partial charge >= 0.3 is 0 Å². The van der Waals surface area contributed by atoms with Crippen LogP contribution in [0, 0.1) is 0 Å². The summed E-state index contributed by atoms with van der Waals surface area (Å²) in [6.07, 6.45) is 1.90. The number of benzene rings is 1. The van der Waals surface area contributed by atoms with Crippen molar-refractivity contribution in [2.45, 2.75) is 19.4 Å². The summed E-state index contributed by atoms with van der Waals surface area (Å²) in [6.45, 7) is 8.14. The van der Waals surface area contributed by atoms with Crippen molar-refractivity contribution in [2.24, 2.45) is 0 Å². The Morgan fingerprint density at radius 3 is 2.46 bits per heavy atom. The Labute approximate surface area is 80.5 Å². The molecule has 1 rings (SSSR count). The minimum Gasteiger partial charge on any atom is -0.311 e. The van der Waals surface area contributed by atoms with E-state index in [4.69, 9.17) is 0 Å². The van der Waals surface area contributed by atoms with Crippen LogP contribution in [-0.4, -0.2) is 7.05 Å². The van der Waals surface area contributed by atoms with Gasteiger partial charge in [0.2, 0.25) is 0 Å². The normalized spacial score (nSPS) is 11.3. The Hall–Kier alpha value is -1.08. The third-order valence-electron chi connectivity index (χ3n) is 2.48. The molecule has 0 unspecified atom stereocenters. The summed E-state index contributed by atoms with van der Waals surface area (Å²) >= 11 is 0.